The fraction of sp³-hybridized carbons (Fsp3) is 0.636. The Morgan fingerprint density at radius 1 is 1.17 bits per heavy atom. The van der Waals surface area contributed by atoms with E-state index in [-0.39, 0.29) is 0 Å². The number of halogens is 1. The van der Waals surface area contributed by atoms with Gasteiger partial charge in [0.15, 0.2) is 0 Å². The highest BCUT2D eigenvalue weighted by Gasteiger charge is 2.02. The van der Waals surface area contributed by atoms with Gasteiger partial charge in [-0.3, -0.25) is 0 Å². The van der Waals surface area contributed by atoms with Gasteiger partial charge in [-0.25, -0.2) is 0 Å². The largest absolute Gasteiger partial charge is 0.0844 e. The molecule has 0 aromatic rings. The zero-order chi connectivity index (χ0) is 9.56. The minimum atomic E-state index is 0.954. The summed E-state index contributed by atoms with van der Waals surface area (Å²) in [6, 6.07) is 0. The maximum atomic E-state index is 5.97. The van der Waals surface area contributed by atoms with Crippen molar-refractivity contribution in [2.45, 2.75) is 47.0 Å². The summed E-state index contributed by atoms with van der Waals surface area (Å²) in [4.78, 5) is 0. The lowest BCUT2D eigenvalue weighted by atomic mass is 10.1. The normalized spacial score (nSPS) is 17.6. The van der Waals surface area contributed by atoms with Crippen LogP contribution in [0.5, 0.6) is 0 Å². The summed E-state index contributed by atoms with van der Waals surface area (Å²) in [5.74, 6) is 0. The van der Waals surface area contributed by atoms with Gasteiger partial charge in [-0.15, -0.1) is 0 Å². The number of allylic oxidation sites excluding steroid dienone is 4. The van der Waals surface area contributed by atoms with E-state index < -0.39 is 0 Å². The van der Waals surface area contributed by atoms with Crippen molar-refractivity contribution in [3.05, 3.63) is 22.3 Å². The van der Waals surface area contributed by atoms with Crippen LogP contribution in [0.25, 0.3) is 0 Å². The fourth-order valence-electron chi connectivity index (χ4n) is 1.16. The highest BCUT2D eigenvalue weighted by atomic mass is 35.5. The fourth-order valence-corrected chi connectivity index (χ4v) is 1.44. The molecule has 0 aromatic carbocycles. The van der Waals surface area contributed by atoms with Crippen molar-refractivity contribution >= 4 is 11.6 Å². The van der Waals surface area contributed by atoms with Crippen molar-refractivity contribution in [3.8, 4) is 0 Å². The maximum absolute atomic E-state index is 5.97. The molecular weight excluding hydrogens is 168 g/mol. The molecule has 0 heterocycles. The van der Waals surface area contributed by atoms with Crippen molar-refractivity contribution < 1.29 is 0 Å². The maximum Gasteiger partial charge on any atom is 0.0394 e. The van der Waals surface area contributed by atoms with E-state index in [1.165, 1.54) is 24.0 Å². The van der Waals surface area contributed by atoms with Crippen LogP contribution in [0.4, 0.5) is 0 Å². The van der Waals surface area contributed by atoms with Gasteiger partial charge in [0.25, 0.3) is 0 Å². The summed E-state index contributed by atoms with van der Waals surface area (Å²) in [7, 11) is 0. The molecule has 0 radical (unpaired) electrons. The minimum absolute atomic E-state index is 0.954. The summed E-state index contributed by atoms with van der Waals surface area (Å²) in [6.07, 6.45) is 5.70. The second-order valence-electron chi connectivity index (χ2n) is 2.97. The lowest BCUT2D eigenvalue weighted by Crippen LogP contribution is -1.76. The minimum Gasteiger partial charge on any atom is -0.0844 e. The lowest BCUT2D eigenvalue weighted by Gasteiger charge is -1.95. The molecule has 1 aliphatic rings. The summed E-state index contributed by atoms with van der Waals surface area (Å²) in [5, 5.41) is 0.954. The smallest absolute Gasteiger partial charge is 0.0394 e. The van der Waals surface area contributed by atoms with Crippen LogP contribution >= 0.6 is 11.6 Å². The Labute approximate surface area is 81.3 Å². The molecule has 1 aliphatic carbocycles. The van der Waals surface area contributed by atoms with E-state index in [0.29, 0.717) is 0 Å². The second-order valence-corrected chi connectivity index (χ2v) is 3.38. The van der Waals surface area contributed by atoms with Gasteiger partial charge in [-0.2, -0.15) is 0 Å². The third-order valence-electron chi connectivity index (χ3n) is 1.90. The van der Waals surface area contributed by atoms with Gasteiger partial charge in [0.05, 0.1) is 0 Å². The average Bonchev–Trinajstić information content (AvgIpc) is 2.19. The highest BCUT2D eigenvalue weighted by molar-refractivity contribution is 6.31. The molecule has 1 rings (SSSR count). The zero-order valence-electron chi connectivity index (χ0n) is 8.58. The van der Waals surface area contributed by atoms with Crippen molar-refractivity contribution in [1.29, 1.82) is 0 Å². The third kappa shape index (κ3) is 3.96. The number of rotatable bonds is 0. The van der Waals surface area contributed by atoms with Crippen molar-refractivity contribution in [2.24, 2.45) is 0 Å². The van der Waals surface area contributed by atoms with E-state index in [4.69, 9.17) is 11.6 Å². The van der Waals surface area contributed by atoms with Crippen LogP contribution in [0.15, 0.2) is 22.3 Å². The summed E-state index contributed by atoms with van der Waals surface area (Å²) in [6.45, 7) is 8.25. The molecule has 70 valence electrons. The standard InChI is InChI=1S/C9H13Cl.C2H6/c1-7-4-3-5-8(2)9(10)6-7;1-2/h6H,3-5H2,1-2H3;1-2H3. The van der Waals surface area contributed by atoms with Gasteiger partial charge in [0.2, 0.25) is 0 Å². The van der Waals surface area contributed by atoms with E-state index in [1.54, 1.807) is 0 Å². The molecular formula is C11H19Cl. The molecule has 0 nitrogen and oxygen atoms in total. The molecule has 0 aliphatic heterocycles. The van der Waals surface area contributed by atoms with Gasteiger partial charge >= 0.3 is 0 Å². The molecule has 0 fully saturated rings. The molecule has 0 bridgehead atoms. The molecule has 0 atom stereocenters. The Hall–Kier alpha value is -0.230. The summed E-state index contributed by atoms with van der Waals surface area (Å²) in [5.41, 5.74) is 2.74. The van der Waals surface area contributed by atoms with Crippen molar-refractivity contribution in [1.82, 2.24) is 0 Å². The van der Waals surface area contributed by atoms with Crippen LogP contribution in [0.3, 0.4) is 0 Å². The first-order chi connectivity index (χ1) is 5.70. The van der Waals surface area contributed by atoms with Crippen LogP contribution in [-0.4, -0.2) is 0 Å². The monoisotopic (exact) mass is 186 g/mol. The van der Waals surface area contributed by atoms with Gasteiger partial charge < -0.3 is 0 Å². The highest BCUT2D eigenvalue weighted by Crippen LogP contribution is 2.24. The second kappa shape index (κ2) is 6.30. The first-order valence-electron chi connectivity index (χ1n) is 4.72. The molecule has 0 saturated carbocycles. The predicted molar refractivity (Wildman–Crippen MR) is 57.5 cm³/mol. The summed E-state index contributed by atoms with van der Waals surface area (Å²) >= 11 is 5.97. The van der Waals surface area contributed by atoms with E-state index in [2.05, 4.69) is 19.9 Å². The molecule has 0 spiro atoms. The van der Waals surface area contributed by atoms with Crippen LogP contribution in [-0.2, 0) is 0 Å². The molecule has 0 amide bonds. The van der Waals surface area contributed by atoms with Crippen LogP contribution in [0.1, 0.15) is 47.0 Å². The Balaban J connectivity index is 0.000000561. The summed E-state index contributed by atoms with van der Waals surface area (Å²) < 4.78 is 0. The SMILES string of the molecule is CC.CC1=CC(Cl)=C(C)CCC1. The van der Waals surface area contributed by atoms with E-state index >= 15 is 0 Å². The lowest BCUT2D eigenvalue weighted by molar-refractivity contribution is 0.813. The van der Waals surface area contributed by atoms with E-state index in [9.17, 15) is 0 Å². The molecule has 12 heavy (non-hydrogen) atoms. The Morgan fingerprint density at radius 2 is 1.75 bits per heavy atom. The van der Waals surface area contributed by atoms with Crippen molar-refractivity contribution in [3.63, 3.8) is 0 Å². The van der Waals surface area contributed by atoms with Crippen LogP contribution < -0.4 is 0 Å². The van der Waals surface area contributed by atoms with Gasteiger partial charge in [-0.1, -0.05) is 36.6 Å². The third-order valence-corrected chi connectivity index (χ3v) is 2.34. The molecule has 0 saturated heterocycles. The van der Waals surface area contributed by atoms with Crippen LogP contribution in [0, 0.1) is 0 Å². The Bertz CT molecular complexity index is 187. The van der Waals surface area contributed by atoms with Crippen molar-refractivity contribution in [2.75, 3.05) is 0 Å². The molecule has 0 N–H and O–H groups in total. The number of hydrogen-bond acceptors (Lipinski definition) is 0. The first-order valence-corrected chi connectivity index (χ1v) is 5.10. The Kier molecular flexibility index (Phi) is 6.18. The molecule has 0 unspecified atom stereocenters. The average molecular weight is 187 g/mol. The van der Waals surface area contributed by atoms with Crippen LogP contribution in [0.2, 0.25) is 0 Å². The van der Waals surface area contributed by atoms with Gasteiger partial charge in [0, 0.05) is 5.03 Å². The number of hydrogen-bond donors (Lipinski definition) is 0. The molecule has 1 heteroatoms. The Morgan fingerprint density at radius 3 is 2.33 bits per heavy atom. The quantitative estimate of drug-likeness (QED) is 0.517. The van der Waals surface area contributed by atoms with Gasteiger partial charge in [-0.05, 0) is 39.2 Å². The predicted octanol–water partition coefficient (Wildman–Crippen LogP) is 4.66. The topological polar surface area (TPSA) is 0 Å². The molecule has 0 aromatic heterocycles. The van der Waals surface area contributed by atoms with E-state index in [0.717, 1.165) is 11.5 Å². The zero-order valence-corrected chi connectivity index (χ0v) is 9.33. The van der Waals surface area contributed by atoms with Gasteiger partial charge in [0.1, 0.15) is 0 Å². The van der Waals surface area contributed by atoms with E-state index in [1.807, 2.05) is 13.8 Å². The first kappa shape index (κ1) is 11.8.